The number of hydrogen-bond acceptors (Lipinski definition) is 3. The minimum atomic E-state index is 0.0851. The zero-order chi connectivity index (χ0) is 15.4. The van der Waals surface area contributed by atoms with Crippen LogP contribution in [0.3, 0.4) is 0 Å². The van der Waals surface area contributed by atoms with E-state index in [0.29, 0.717) is 17.2 Å². The van der Waals surface area contributed by atoms with Crippen LogP contribution >= 0.6 is 11.6 Å². The van der Waals surface area contributed by atoms with Crippen molar-refractivity contribution in [2.24, 2.45) is 0 Å². The highest BCUT2D eigenvalue weighted by Crippen LogP contribution is 2.31. The fourth-order valence-electron chi connectivity index (χ4n) is 2.01. The molecule has 21 heavy (non-hydrogen) atoms. The number of anilines is 1. The molecule has 0 aliphatic heterocycles. The molecule has 0 spiro atoms. The molecule has 2 rings (SSSR count). The van der Waals surface area contributed by atoms with Gasteiger partial charge < -0.3 is 15.2 Å². The van der Waals surface area contributed by atoms with Gasteiger partial charge in [-0.25, -0.2) is 0 Å². The molecule has 112 valence electrons. The van der Waals surface area contributed by atoms with E-state index in [1.165, 1.54) is 0 Å². The average molecular weight is 306 g/mol. The van der Waals surface area contributed by atoms with Crippen molar-refractivity contribution in [1.82, 2.24) is 0 Å². The molecule has 3 nitrogen and oxygen atoms in total. The van der Waals surface area contributed by atoms with Gasteiger partial charge in [-0.2, -0.15) is 0 Å². The van der Waals surface area contributed by atoms with Crippen LogP contribution in [0.1, 0.15) is 26.3 Å². The van der Waals surface area contributed by atoms with E-state index in [0.717, 1.165) is 22.8 Å². The molecular weight excluding hydrogens is 286 g/mol. The first-order valence-corrected chi connectivity index (χ1v) is 7.39. The third-order valence-corrected chi connectivity index (χ3v) is 3.28. The second-order valence-electron chi connectivity index (χ2n) is 5.11. The van der Waals surface area contributed by atoms with Gasteiger partial charge in [0.2, 0.25) is 0 Å². The van der Waals surface area contributed by atoms with E-state index in [-0.39, 0.29) is 6.10 Å². The highest BCUT2D eigenvalue weighted by molar-refractivity contribution is 6.31. The van der Waals surface area contributed by atoms with E-state index in [4.69, 9.17) is 26.8 Å². The van der Waals surface area contributed by atoms with Crippen molar-refractivity contribution in [3.05, 3.63) is 47.0 Å². The van der Waals surface area contributed by atoms with Crippen LogP contribution in [0.25, 0.3) is 0 Å². The third kappa shape index (κ3) is 4.30. The van der Waals surface area contributed by atoms with Crippen molar-refractivity contribution in [2.45, 2.75) is 33.3 Å². The van der Waals surface area contributed by atoms with Gasteiger partial charge in [-0.05, 0) is 44.0 Å². The second kappa shape index (κ2) is 6.72. The van der Waals surface area contributed by atoms with Crippen LogP contribution in [0.4, 0.5) is 5.69 Å². The Morgan fingerprint density at radius 2 is 1.76 bits per heavy atom. The van der Waals surface area contributed by atoms with Crippen LogP contribution < -0.4 is 15.2 Å². The topological polar surface area (TPSA) is 44.5 Å². The van der Waals surface area contributed by atoms with Crippen molar-refractivity contribution >= 4 is 17.3 Å². The Labute approximate surface area is 130 Å². The first-order chi connectivity index (χ1) is 9.97. The molecule has 0 saturated heterocycles. The number of halogens is 1. The Kier molecular flexibility index (Phi) is 4.97. The van der Waals surface area contributed by atoms with Gasteiger partial charge in [-0.3, -0.25) is 0 Å². The molecule has 0 bridgehead atoms. The molecule has 0 aliphatic carbocycles. The Hall–Kier alpha value is -1.87. The Morgan fingerprint density at radius 1 is 1.05 bits per heavy atom. The molecule has 0 fully saturated rings. The number of ether oxygens (including phenoxy) is 2. The molecule has 2 aromatic carbocycles. The van der Waals surface area contributed by atoms with Gasteiger partial charge in [-0.15, -0.1) is 0 Å². The highest BCUT2D eigenvalue weighted by atomic mass is 35.5. The minimum Gasteiger partial charge on any atom is -0.491 e. The lowest BCUT2D eigenvalue weighted by molar-refractivity contribution is 0.242. The monoisotopic (exact) mass is 305 g/mol. The fourth-order valence-corrected chi connectivity index (χ4v) is 2.27. The van der Waals surface area contributed by atoms with Crippen molar-refractivity contribution in [3.63, 3.8) is 0 Å². The summed E-state index contributed by atoms with van der Waals surface area (Å²) in [6.07, 6.45) is 0.941. The number of benzene rings is 2. The molecule has 0 heterocycles. The van der Waals surface area contributed by atoms with E-state index in [1.54, 1.807) is 12.1 Å². The SMILES string of the molecule is CCc1cc(Oc2cc(N)cc(OC(C)C)c2)ccc1Cl. The summed E-state index contributed by atoms with van der Waals surface area (Å²) in [6, 6.07) is 11.0. The summed E-state index contributed by atoms with van der Waals surface area (Å²) in [5, 5.41) is 0.751. The fraction of sp³-hybridized carbons (Fsp3) is 0.294. The Balaban J connectivity index is 2.24. The van der Waals surface area contributed by atoms with E-state index in [1.807, 2.05) is 38.1 Å². The summed E-state index contributed by atoms with van der Waals surface area (Å²) in [7, 11) is 0. The van der Waals surface area contributed by atoms with Gasteiger partial charge in [0.1, 0.15) is 17.2 Å². The molecule has 0 saturated carbocycles. The van der Waals surface area contributed by atoms with Crippen LogP contribution in [-0.2, 0) is 6.42 Å². The largest absolute Gasteiger partial charge is 0.491 e. The molecule has 0 amide bonds. The lowest BCUT2D eigenvalue weighted by Gasteiger charge is -2.13. The van der Waals surface area contributed by atoms with Crippen molar-refractivity contribution < 1.29 is 9.47 Å². The first kappa shape index (κ1) is 15.5. The smallest absolute Gasteiger partial charge is 0.133 e. The Bertz CT molecular complexity index is 626. The number of nitrogens with two attached hydrogens (primary N) is 1. The maximum Gasteiger partial charge on any atom is 0.133 e. The number of hydrogen-bond donors (Lipinski definition) is 1. The predicted molar refractivity (Wildman–Crippen MR) is 87.5 cm³/mol. The average Bonchev–Trinajstić information content (AvgIpc) is 2.39. The lowest BCUT2D eigenvalue weighted by Crippen LogP contribution is -2.05. The first-order valence-electron chi connectivity index (χ1n) is 7.01. The standard InChI is InChI=1S/C17H20ClNO2/c1-4-12-7-14(5-6-17(12)18)21-16-9-13(19)8-15(10-16)20-11(2)3/h5-11H,4,19H2,1-3H3. The summed E-state index contributed by atoms with van der Waals surface area (Å²) >= 11 is 6.11. The minimum absolute atomic E-state index is 0.0851. The quantitative estimate of drug-likeness (QED) is 0.785. The molecule has 4 heteroatoms. The molecular formula is C17H20ClNO2. The van der Waals surface area contributed by atoms with E-state index < -0.39 is 0 Å². The lowest BCUT2D eigenvalue weighted by atomic mass is 10.1. The summed E-state index contributed by atoms with van der Waals surface area (Å²) in [5.41, 5.74) is 7.54. The summed E-state index contributed by atoms with van der Waals surface area (Å²) in [4.78, 5) is 0. The van der Waals surface area contributed by atoms with Crippen LogP contribution in [0, 0.1) is 0 Å². The van der Waals surface area contributed by atoms with Crippen LogP contribution in [-0.4, -0.2) is 6.10 Å². The van der Waals surface area contributed by atoms with Crippen molar-refractivity contribution in [2.75, 3.05) is 5.73 Å². The number of rotatable bonds is 5. The van der Waals surface area contributed by atoms with Crippen molar-refractivity contribution in [3.8, 4) is 17.2 Å². The Morgan fingerprint density at radius 3 is 2.43 bits per heavy atom. The zero-order valence-electron chi connectivity index (χ0n) is 12.5. The number of aryl methyl sites for hydroxylation is 1. The molecule has 0 aliphatic rings. The van der Waals surface area contributed by atoms with E-state index in [2.05, 4.69) is 6.92 Å². The number of nitrogen functional groups attached to an aromatic ring is 1. The molecule has 0 atom stereocenters. The molecule has 0 unspecified atom stereocenters. The second-order valence-corrected chi connectivity index (χ2v) is 5.52. The molecule has 2 aromatic rings. The summed E-state index contributed by atoms with van der Waals surface area (Å²) < 4.78 is 11.5. The van der Waals surface area contributed by atoms with Crippen LogP contribution in [0.2, 0.25) is 5.02 Å². The van der Waals surface area contributed by atoms with E-state index in [9.17, 15) is 0 Å². The normalized spacial score (nSPS) is 10.7. The predicted octanol–water partition coefficient (Wildman–Crippen LogP) is 5.06. The third-order valence-electron chi connectivity index (χ3n) is 2.91. The zero-order valence-corrected chi connectivity index (χ0v) is 13.3. The highest BCUT2D eigenvalue weighted by Gasteiger charge is 2.06. The summed E-state index contributed by atoms with van der Waals surface area (Å²) in [5.74, 6) is 2.08. The van der Waals surface area contributed by atoms with Crippen molar-refractivity contribution in [1.29, 1.82) is 0 Å². The van der Waals surface area contributed by atoms with Gasteiger partial charge in [0, 0.05) is 28.9 Å². The molecule has 0 aromatic heterocycles. The van der Waals surface area contributed by atoms with Gasteiger partial charge >= 0.3 is 0 Å². The maximum absolute atomic E-state index is 6.11. The van der Waals surface area contributed by atoms with Gasteiger partial charge in [0.25, 0.3) is 0 Å². The van der Waals surface area contributed by atoms with Gasteiger partial charge in [0.05, 0.1) is 6.10 Å². The van der Waals surface area contributed by atoms with E-state index >= 15 is 0 Å². The molecule has 0 radical (unpaired) electrons. The van der Waals surface area contributed by atoms with Gasteiger partial charge in [-0.1, -0.05) is 18.5 Å². The summed E-state index contributed by atoms with van der Waals surface area (Å²) in [6.45, 7) is 5.99. The van der Waals surface area contributed by atoms with Gasteiger partial charge in [0.15, 0.2) is 0 Å². The van der Waals surface area contributed by atoms with Crippen LogP contribution in [0.15, 0.2) is 36.4 Å². The molecule has 2 N–H and O–H groups in total. The maximum atomic E-state index is 6.11. The van der Waals surface area contributed by atoms with Crippen LogP contribution in [0.5, 0.6) is 17.2 Å².